The molecule has 0 bridgehead atoms. The van der Waals surface area contributed by atoms with Crippen molar-refractivity contribution in [3.05, 3.63) is 88.4 Å². The Labute approximate surface area is 157 Å². The first-order valence-electron chi connectivity index (χ1n) is 7.99. The zero-order valence-corrected chi connectivity index (χ0v) is 15.1. The Bertz CT molecular complexity index is 870. The molecule has 1 unspecified atom stereocenters. The van der Waals surface area contributed by atoms with E-state index in [0.29, 0.717) is 23.0 Å². The Morgan fingerprint density at radius 2 is 1.92 bits per heavy atom. The first kappa shape index (κ1) is 17.5. The average molecular weight is 370 g/mol. The molecule has 0 aliphatic rings. The molecule has 1 atom stereocenters. The normalized spacial score (nSPS) is 13.2. The van der Waals surface area contributed by atoms with Crippen LogP contribution in [0.25, 0.3) is 0 Å². The van der Waals surface area contributed by atoms with Crippen molar-refractivity contribution in [1.29, 1.82) is 5.26 Å². The van der Waals surface area contributed by atoms with E-state index in [1.807, 2.05) is 35.0 Å². The van der Waals surface area contributed by atoms with Crippen molar-refractivity contribution >= 4 is 23.2 Å². The molecule has 1 heterocycles. The molecule has 126 valence electrons. The molecule has 0 aliphatic heterocycles. The summed E-state index contributed by atoms with van der Waals surface area (Å²) in [6.07, 6.45) is 6.72. The van der Waals surface area contributed by atoms with Gasteiger partial charge in [-0.2, -0.15) is 5.26 Å². The van der Waals surface area contributed by atoms with Crippen molar-refractivity contribution in [3.8, 4) is 6.07 Å². The van der Waals surface area contributed by atoms with Crippen molar-refractivity contribution < 1.29 is 0 Å². The number of benzene rings is 2. The topological polar surface area (TPSA) is 41.6 Å². The molecule has 3 rings (SSSR count). The number of aryl methyl sites for hydroxylation is 1. The van der Waals surface area contributed by atoms with E-state index >= 15 is 0 Å². The number of halogens is 2. The molecule has 5 heteroatoms. The van der Waals surface area contributed by atoms with Gasteiger partial charge in [0, 0.05) is 29.0 Å². The summed E-state index contributed by atoms with van der Waals surface area (Å²) in [4.78, 5) is 4.09. The largest absolute Gasteiger partial charge is 0.336 e. The molecule has 3 nitrogen and oxygen atoms in total. The summed E-state index contributed by atoms with van der Waals surface area (Å²) in [5.41, 5.74) is 1.22. The summed E-state index contributed by atoms with van der Waals surface area (Å²) < 4.78 is 1.92. The Morgan fingerprint density at radius 1 is 1.12 bits per heavy atom. The molecule has 0 spiro atoms. The number of hydrogen-bond acceptors (Lipinski definition) is 2. The molecule has 0 saturated carbocycles. The highest BCUT2D eigenvalue weighted by Gasteiger charge is 2.34. The molecule has 0 saturated heterocycles. The molecule has 0 amide bonds. The minimum Gasteiger partial charge on any atom is -0.336 e. The zero-order valence-electron chi connectivity index (χ0n) is 13.6. The molecule has 1 aromatic heterocycles. The maximum absolute atomic E-state index is 10.1. The Kier molecular flexibility index (Phi) is 5.43. The third-order valence-electron chi connectivity index (χ3n) is 4.36. The van der Waals surface area contributed by atoms with E-state index in [1.165, 1.54) is 5.56 Å². The van der Waals surface area contributed by atoms with Crippen LogP contribution in [-0.4, -0.2) is 9.55 Å². The molecular weight excluding hydrogens is 353 g/mol. The zero-order chi connectivity index (χ0) is 17.7. The monoisotopic (exact) mass is 369 g/mol. The van der Waals surface area contributed by atoms with Crippen LogP contribution in [0.5, 0.6) is 0 Å². The van der Waals surface area contributed by atoms with Crippen LogP contribution in [0.4, 0.5) is 0 Å². The molecule has 0 N–H and O–H groups in total. The first-order chi connectivity index (χ1) is 12.1. The van der Waals surface area contributed by atoms with Crippen LogP contribution in [0.3, 0.4) is 0 Å². The van der Waals surface area contributed by atoms with Crippen LogP contribution in [0.1, 0.15) is 17.5 Å². The molecular formula is C20H17Cl2N3. The first-order valence-corrected chi connectivity index (χ1v) is 8.75. The number of rotatable bonds is 6. The second kappa shape index (κ2) is 7.74. The lowest BCUT2D eigenvalue weighted by Crippen LogP contribution is -2.31. The molecule has 3 aromatic rings. The van der Waals surface area contributed by atoms with Crippen LogP contribution in [0.15, 0.2) is 67.3 Å². The fourth-order valence-corrected chi connectivity index (χ4v) is 3.61. The highest BCUT2D eigenvalue weighted by atomic mass is 35.5. The van der Waals surface area contributed by atoms with Gasteiger partial charge in [-0.05, 0) is 36.1 Å². The molecule has 25 heavy (non-hydrogen) atoms. The van der Waals surface area contributed by atoms with Crippen LogP contribution >= 0.6 is 23.2 Å². The lowest BCUT2D eigenvalue weighted by atomic mass is 9.77. The van der Waals surface area contributed by atoms with Crippen LogP contribution in [-0.2, 0) is 18.4 Å². The average Bonchev–Trinajstić information content (AvgIpc) is 3.13. The molecule has 0 radical (unpaired) electrons. The Morgan fingerprint density at radius 3 is 2.56 bits per heavy atom. The van der Waals surface area contributed by atoms with Crippen molar-refractivity contribution in [2.45, 2.75) is 24.8 Å². The van der Waals surface area contributed by atoms with Crippen molar-refractivity contribution in [2.75, 3.05) is 0 Å². The van der Waals surface area contributed by atoms with Gasteiger partial charge in [0.2, 0.25) is 0 Å². The summed E-state index contributed by atoms with van der Waals surface area (Å²) in [7, 11) is 0. The number of imidazole rings is 1. The second-order valence-electron chi connectivity index (χ2n) is 6.04. The van der Waals surface area contributed by atoms with Gasteiger partial charge in [0.1, 0.15) is 5.41 Å². The highest BCUT2D eigenvalue weighted by Crippen LogP contribution is 2.37. The van der Waals surface area contributed by atoms with E-state index in [-0.39, 0.29) is 0 Å². The van der Waals surface area contributed by atoms with E-state index in [9.17, 15) is 5.26 Å². The van der Waals surface area contributed by atoms with Gasteiger partial charge in [-0.1, -0.05) is 59.6 Å². The summed E-state index contributed by atoms with van der Waals surface area (Å²) in [6.45, 7) is 0.484. The summed E-state index contributed by atoms with van der Waals surface area (Å²) in [5.74, 6) is 0. The molecule has 0 fully saturated rings. The van der Waals surface area contributed by atoms with Crippen LogP contribution < -0.4 is 0 Å². The quantitative estimate of drug-likeness (QED) is 0.592. The van der Waals surface area contributed by atoms with Gasteiger partial charge in [0.05, 0.1) is 12.4 Å². The predicted octanol–water partition coefficient (Wildman–Crippen LogP) is 5.28. The summed E-state index contributed by atoms with van der Waals surface area (Å²) >= 11 is 12.5. The number of nitriles is 1. The van der Waals surface area contributed by atoms with Gasteiger partial charge < -0.3 is 4.57 Å². The minimum atomic E-state index is -0.766. The van der Waals surface area contributed by atoms with E-state index in [0.717, 1.165) is 12.0 Å². The van der Waals surface area contributed by atoms with Crippen LogP contribution in [0, 0.1) is 11.3 Å². The lowest BCUT2D eigenvalue weighted by Gasteiger charge is -2.29. The smallest absolute Gasteiger partial charge is 0.102 e. The number of nitrogens with zero attached hydrogens (tertiary/aromatic N) is 3. The predicted molar refractivity (Wildman–Crippen MR) is 101 cm³/mol. The Balaban J connectivity index is 1.98. The van der Waals surface area contributed by atoms with Gasteiger partial charge in [-0.25, -0.2) is 4.98 Å². The van der Waals surface area contributed by atoms with E-state index in [1.54, 1.807) is 24.7 Å². The lowest BCUT2D eigenvalue weighted by molar-refractivity contribution is 0.426. The fourth-order valence-electron chi connectivity index (χ4n) is 3.02. The van der Waals surface area contributed by atoms with Crippen molar-refractivity contribution in [2.24, 2.45) is 0 Å². The standard InChI is InChI=1S/C20H17Cl2N3/c21-17-6-7-18(19(22)12-17)20(13-23,14-25-11-10-24-15-25)9-8-16-4-2-1-3-5-16/h1-7,10-12,15H,8-9,14H2. The minimum absolute atomic E-state index is 0.484. The van der Waals surface area contributed by atoms with Gasteiger partial charge >= 0.3 is 0 Å². The van der Waals surface area contributed by atoms with E-state index in [2.05, 4.69) is 23.2 Å². The van der Waals surface area contributed by atoms with Crippen LogP contribution in [0.2, 0.25) is 10.0 Å². The summed E-state index contributed by atoms with van der Waals surface area (Å²) in [6, 6.07) is 18.0. The maximum Gasteiger partial charge on any atom is 0.102 e. The van der Waals surface area contributed by atoms with Gasteiger partial charge in [-0.15, -0.1) is 0 Å². The third-order valence-corrected chi connectivity index (χ3v) is 4.90. The van der Waals surface area contributed by atoms with Gasteiger partial charge in [-0.3, -0.25) is 0 Å². The molecule has 2 aromatic carbocycles. The number of hydrogen-bond donors (Lipinski definition) is 0. The second-order valence-corrected chi connectivity index (χ2v) is 6.88. The fraction of sp³-hybridized carbons (Fsp3) is 0.200. The Hall–Kier alpha value is -2.28. The molecule has 0 aliphatic carbocycles. The SMILES string of the molecule is N#CC(CCc1ccccc1)(Cn1ccnc1)c1ccc(Cl)cc1Cl. The highest BCUT2D eigenvalue weighted by molar-refractivity contribution is 6.35. The van der Waals surface area contributed by atoms with E-state index in [4.69, 9.17) is 23.2 Å². The summed E-state index contributed by atoms with van der Waals surface area (Å²) in [5, 5.41) is 11.2. The van der Waals surface area contributed by atoms with Crippen molar-refractivity contribution in [1.82, 2.24) is 9.55 Å². The third kappa shape index (κ3) is 4.04. The van der Waals surface area contributed by atoms with E-state index < -0.39 is 5.41 Å². The van der Waals surface area contributed by atoms with Gasteiger partial charge in [0.25, 0.3) is 0 Å². The maximum atomic E-state index is 10.1. The van der Waals surface area contributed by atoms with Crippen molar-refractivity contribution in [3.63, 3.8) is 0 Å². The number of aromatic nitrogens is 2. The van der Waals surface area contributed by atoms with Gasteiger partial charge in [0.15, 0.2) is 0 Å².